The van der Waals surface area contributed by atoms with Gasteiger partial charge in [-0.15, -0.1) is 0 Å². The van der Waals surface area contributed by atoms with Crippen LogP contribution in [0.3, 0.4) is 0 Å². The van der Waals surface area contributed by atoms with E-state index in [-0.39, 0.29) is 24.5 Å². The zero-order valence-corrected chi connectivity index (χ0v) is 8.58. The average molecular weight is 188 g/mol. The van der Waals surface area contributed by atoms with Gasteiger partial charge in [-0.1, -0.05) is 13.8 Å². The second-order valence-corrected chi connectivity index (χ2v) is 3.47. The molecule has 0 aliphatic carbocycles. The molecule has 3 atom stereocenters. The fraction of sp³-hybridized carbons (Fsp3) is 0.889. The van der Waals surface area contributed by atoms with Crippen molar-refractivity contribution in [1.29, 1.82) is 0 Å². The summed E-state index contributed by atoms with van der Waals surface area (Å²) >= 11 is 0. The van der Waals surface area contributed by atoms with E-state index in [0.717, 1.165) is 0 Å². The highest BCUT2D eigenvalue weighted by atomic mass is 16.3. The van der Waals surface area contributed by atoms with Crippen molar-refractivity contribution in [3.05, 3.63) is 0 Å². The molecule has 0 radical (unpaired) electrons. The first kappa shape index (κ1) is 12.4. The summed E-state index contributed by atoms with van der Waals surface area (Å²) in [6.45, 7) is 5.68. The maximum absolute atomic E-state index is 11.3. The van der Waals surface area contributed by atoms with Gasteiger partial charge in [-0.05, 0) is 19.3 Å². The number of aliphatic hydroxyl groups excluding tert-OH is 1. The van der Waals surface area contributed by atoms with Crippen LogP contribution in [0.2, 0.25) is 0 Å². The first-order valence-corrected chi connectivity index (χ1v) is 4.69. The van der Waals surface area contributed by atoms with E-state index in [4.69, 9.17) is 10.8 Å². The summed E-state index contributed by atoms with van der Waals surface area (Å²) in [6, 6.07) is -0.469. The Morgan fingerprint density at radius 3 is 2.46 bits per heavy atom. The van der Waals surface area contributed by atoms with Crippen LogP contribution < -0.4 is 11.1 Å². The Bertz CT molecular complexity index is 162. The van der Waals surface area contributed by atoms with Gasteiger partial charge in [0.05, 0.1) is 6.04 Å². The van der Waals surface area contributed by atoms with Crippen LogP contribution in [0.5, 0.6) is 0 Å². The van der Waals surface area contributed by atoms with Gasteiger partial charge in [0, 0.05) is 12.6 Å². The summed E-state index contributed by atoms with van der Waals surface area (Å²) in [5.41, 5.74) is 5.53. The van der Waals surface area contributed by atoms with Gasteiger partial charge in [-0.2, -0.15) is 0 Å². The quantitative estimate of drug-likeness (QED) is 0.562. The van der Waals surface area contributed by atoms with Gasteiger partial charge in [0.1, 0.15) is 0 Å². The van der Waals surface area contributed by atoms with Crippen molar-refractivity contribution >= 4 is 5.91 Å². The summed E-state index contributed by atoms with van der Waals surface area (Å²) in [4.78, 5) is 11.3. The standard InChI is InChI=1S/C9H20N2O2/c1-4-8(10)9(13)11-7(3)6(2)5-12/h6-8,12H,4-5,10H2,1-3H3,(H,11,13)/t6?,7?,8-/m0/s1. The van der Waals surface area contributed by atoms with Crippen LogP contribution in [-0.4, -0.2) is 29.7 Å². The minimum atomic E-state index is -0.437. The normalized spacial score (nSPS) is 17.6. The fourth-order valence-electron chi connectivity index (χ4n) is 0.817. The number of carbonyl (C=O) groups excluding carboxylic acids is 1. The second-order valence-electron chi connectivity index (χ2n) is 3.47. The lowest BCUT2D eigenvalue weighted by Crippen LogP contribution is -2.46. The highest BCUT2D eigenvalue weighted by Crippen LogP contribution is 2.01. The van der Waals surface area contributed by atoms with Crippen molar-refractivity contribution in [1.82, 2.24) is 5.32 Å². The number of aliphatic hydroxyl groups is 1. The van der Waals surface area contributed by atoms with E-state index in [9.17, 15) is 4.79 Å². The van der Waals surface area contributed by atoms with E-state index in [2.05, 4.69) is 5.32 Å². The van der Waals surface area contributed by atoms with Crippen molar-refractivity contribution in [2.45, 2.75) is 39.3 Å². The van der Waals surface area contributed by atoms with Crippen molar-refractivity contribution in [2.75, 3.05) is 6.61 Å². The van der Waals surface area contributed by atoms with Crippen LogP contribution in [0.4, 0.5) is 0 Å². The van der Waals surface area contributed by atoms with E-state index in [1.807, 2.05) is 20.8 Å². The molecule has 0 aromatic rings. The van der Waals surface area contributed by atoms with Crippen molar-refractivity contribution in [3.8, 4) is 0 Å². The molecule has 4 heteroatoms. The number of amides is 1. The molecule has 0 aromatic carbocycles. The minimum absolute atomic E-state index is 0.0323. The number of rotatable bonds is 5. The number of nitrogens with one attached hydrogen (secondary N) is 1. The molecule has 0 saturated carbocycles. The Hall–Kier alpha value is -0.610. The zero-order chi connectivity index (χ0) is 10.4. The Labute approximate surface area is 79.5 Å². The predicted octanol–water partition coefficient (Wildman–Crippen LogP) is -0.143. The zero-order valence-electron chi connectivity index (χ0n) is 8.58. The van der Waals surface area contributed by atoms with Gasteiger partial charge in [0.25, 0.3) is 0 Å². The van der Waals surface area contributed by atoms with Crippen LogP contribution in [0, 0.1) is 5.92 Å². The van der Waals surface area contributed by atoms with Gasteiger partial charge in [0.2, 0.25) is 5.91 Å². The van der Waals surface area contributed by atoms with E-state index in [1.165, 1.54) is 0 Å². The molecule has 0 heterocycles. The first-order chi connectivity index (χ1) is 6.02. The lowest BCUT2D eigenvalue weighted by Gasteiger charge is -2.20. The monoisotopic (exact) mass is 188 g/mol. The van der Waals surface area contributed by atoms with E-state index in [0.29, 0.717) is 6.42 Å². The molecule has 4 nitrogen and oxygen atoms in total. The van der Waals surface area contributed by atoms with Crippen LogP contribution in [0.15, 0.2) is 0 Å². The Balaban J connectivity index is 3.91. The Kier molecular flexibility index (Phi) is 5.66. The minimum Gasteiger partial charge on any atom is -0.396 e. The molecule has 0 aliphatic heterocycles. The maximum atomic E-state index is 11.3. The third-order valence-corrected chi connectivity index (χ3v) is 2.29. The van der Waals surface area contributed by atoms with Crippen LogP contribution in [0.25, 0.3) is 0 Å². The van der Waals surface area contributed by atoms with Gasteiger partial charge in [0.15, 0.2) is 0 Å². The molecular weight excluding hydrogens is 168 g/mol. The van der Waals surface area contributed by atoms with Gasteiger partial charge < -0.3 is 16.2 Å². The number of hydrogen-bond acceptors (Lipinski definition) is 3. The average Bonchev–Trinajstić information content (AvgIpc) is 2.14. The van der Waals surface area contributed by atoms with Crippen LogP contribution in [-0.2, 0) is 4.79 Å². The van der Waals surface area contributed by atoms with Crippen LogP contribution >= 0.6 is 0 Å². The molecule has 2 unspecified atom stereocenters. The summed E-state index contributed by atoms with van der Waals surface area (Å²) in [5.74, 6) is -0.0803. The molecule has 0 aromatic heterocycles. The van der Waals surface area contributed by atoms with E-state index in [1.54, 1.807) is 0 Å². The second kappa shape index (κ2) is 5.94. The van der Waals surface area contributed by atoms with Crippen molar-refractivity contribution in [3.63, 3.8) is 0 Å². The van der Waals surface area contributed by atoms with Gasteiger partial charge >= 0.3 is 0 Å². The summed E-state index contributed by atoms with van der Waals surface area (Å²) < 4.78 is 0. The van der Waals surface area contributed by atoms with Gasteiger partial charge in [-0.25, -0.2) is 0 Å². The molecule has 1 amide bonds. The number of carbonyl (C=O) groups is 1. The molecular formula is C9H20N2O2. The molecule has 0 rings (SSSR count). The maximum Gasteiger partial charge on any atom is 0.237 e. The Morgan fingerprint density at radius 1 is 1.54 bits per heavy atom. The van der Waals surface area contributed by atoms with Crippen molar-refractivity contribution in [2.24, 2.45) is 11.7 Å². The fourth-order valence-corrected chi connectivity index (χ4v) is 0.817. The predicted molar refractivity (Wildman–Crippen MR) is 52.1 cm³/mol. The number of nitrogens with two attached hydrogens (primary N) is 1. The highest BCUT2D eigenvalue weighted by Gasteiger charge is 2.17. The third kappa shape index (κ3) is 4.24. The molecule has 0 fully saturated rings. The van der Waals surface area contributed by atoms with E-state index >= 15 is 0 Å². The van der Waals surface area contributed by atoms with Gasteiger partial charge in [-0.3, -0.25) is 4.79 Å². The lowest BCUT2D eigenvalue weighted by molar-refractivity contribution is -0.123. The summed E-state index contributed by atoms with van der Waals surface area (Å²) in [5, 5.41) is 11.6. The molecule has 0 bridgehead atoms. The summed E-state index contributed by atoms with van der Waals surface area (Å²) in [7, 11) is 0. The molecule has 13 heavy (non-hydrogen) atoms. The van der Waals surface area contributed by atoms with E-state index < -0.39 is 6.04 Å². The first-order valence-electron chi connectivity index (χ1n) is 4.69. The molecule has 0 aliphatic rings. The van der Waals surface area contributed by atoms with Crippen molar-refractivity contribution < 1.29 is 9.90 Å². The topological polar surface area (TPSA) is 75.4 Å². The molecule has 4 N–H and O–H groups in total. The number of hydrogen-bond donors (Lipinski definition) is 3. The molecule has 78 valence electrons. The highest BCUT2D eigenvalue weighted by molar-refractivity contribution is 5.81. The lowest BCUT2D eigenvalue weighted by atomic mass is 10.0. The third-order valence-electron chi connectivity index (χ3n) is 2.29. The molecule has 0 spiro atoms. The van der Waals surface area contributed by atoms with Crippen LogP contribution in [0.1, 0.15) is 27.2 Å². The largest absolute Gasteiger partial charge is 0.396 e. The smallest absolute Gasteiger partial charge is 0.237 e. The summed E-state index contributed by atoms with van der Waals surface area (Å²) in [6.07, 6.45) is 0.631. The Morgan fingerprint density at radius 2 is 2.08 bits per heavy atom. The SMILES string of the molecule is CC[C@H](N)C(=O)NC(C)C(C)CO. The molecule has 0 saturated heterocycles.